The fourth-order valence-corrected chi connectivity index (χ4v) is 1.77. The number of benzene rings is 1. The lowest BCUT2D eigenvalue weighted by atomic mass is 10.1. The normalized spacial score (nSPS) is 10.7. The van der Waals surface area contributed by atoms with Crippen LogP contribution in [0.3, 0.4) is 0 Å². The van der Waals surface area contributed by atoms with E-state index in [-0.39, 0.29) is 0 Å². The van der Waals surface area contributed by atoms with Gasteiger partial charge in [-0.25, -0.2) is 4.79 Å². The maximum Gasteiger partial charge on any atom is 0.373 e. The fraction of sp³-hybridized carbons (Fsp3) is 0.500. The summed E-state index contributed by atoms with van der Waals surface area (Å²) in [5.41, 5.74) is 1.54. The summed E-state index contributed by atoms with van der Waals surface area (Å²) in [6.45, 7) is 5.95. The van der Waals surface area contributed by atoms with Gasteiger partial charge in [-0.1, -0.05) is 50.3 Å². The number of hydrogen-bond donors (Lipinski definition) is 0. The van der Waals surface area contributed by atoms with Crippen LogP contribution in [0.4, 0.5) is 0 Å². The van der Waals surface area contributed by atoms with Gasteiger partial charge in [0.15, 0.2) is 0 Å². The summed E-state index contributed by atoms with van der Waals surface area (Å²) >= 11 is 0. The predicted octanol–water partition coefficient (Wildman–Crippen LogP) is 4.61. The van der Waals surface area contributed by atoms with Crippen LogP contribution in [0.2, 0.25) is 0 Å². The molecule has 105 valence electrons. The van der Waals surface area contributed by atoms with Gasteiger partial charge in [0.25, 0.3) is 0 Å². The van der Waals surface area contributed by atoms with Crippen molar-refractivity contribution in [1.82, 2.24) is 0 Å². The Morgan fingerprint density at radius 1 is 1.16 bits per heavy atom. The first kappa shape index (κ1) is 15.7. The highest BCUT2D eigenvalue weighted by Gasteiger charge is 2.11. The van der Waals surface area contributed by atoms with Crippen molar-refractivity contribution in [1.29, 1.82) is 0 Å². The third-order valence-corrected chi connectivity index (χ3v) is 2.90. The third kappa shape index (κ3) is 6.39. The first-order chi connectivity index (χ1) is 9.13. The van der Waals surface area contributed by atoms with E-state index in [1.807, 2.05) is 26.0 Å². The van der Waals surface area contributed by atoms with Gasteiger partial charge >= 0.3 is 5.97 Å². The summed E-state index contributed by atoms with van der Waals surface area (Å²) < 4.78 is 0. The highest BCUT2D eigenvalue weighted by molar-refractivity contribution is 5.89. The molecule has 0 aliphatic rings. The van der Waals surface area contributed by atoms with Crippen LogP contribution in [-0.2, 0) is 9.78 Å². The number of carbonyl (C=O) groups is 1. The molecule has 0 amide bonds. The Morgan fingerprint density at radius 2 is 1.95 bits per heavy atom. The zero-order valence-corrected chi connectivity index (χ0v) is 12.1. The Hall–Kier alpha value is -1.35. The quantitative estimate of drug-likeness (QED) is 0.390. The van der Waals surface area contributed by atoms with Crippen molar-refractivity contribution in [3.05, 3.63) is 41.5 Å². The van der Waals surface area contributed by atoms with E-state index in [1.165, 1.54) is 19.3 Å². The van der Waals surface area contributed by atoms with E-state index in [0.717, 1.165) is 24.5 Å². The highest BCUT2D eigenvalue weighted by Crippen LogP contribution is 2.15. The van der Waals surface area contributed by atoms with Gasteiger partial charge in [-0.2, -0.15) is 4.89 Å². The molecule has 0 saturated carbocycles. The highest BCUT2D eigenvalue weighted by atomic mass is 17.2. The molecule has 0 fully saturated rings. The van der Waals surface area contributed by atoms with Crippen LogP contribution < -0.4 is 0 Å². The topological polar surface area (TPSA) is 35.5 Å². The van der Waals surface area contributed by atoms with E-state index in [9.17, 15) is 4.79 Å². The Morgan fingerprint density at radius 3 is 2.63 bits per heavy atom. The van der Waals surface area contributed by atoms with E-state index in [0.29, 0.717) is 5.56 Å². The molecule has 0 heterocycles. The number of carbonyl (C=O) groups excluding carboxylic acids is 1. The van der Waals surface area contributed by atoms with Gasteiger partial charge in [0.1, 0.15) is 6.10 Å². The molecule has 0 aromatic heterocycles. The molecule has 3 heteroatoms. The SMILES string of the molecule is CCCCCC[C](C)OOC(=O)c1cccc(C)c1. The Labute approximate surface area is 115 Å². The minimum absolute atomic E-state index is 0.448. The van der Waals surface area contributed by atoms with Gasteiger partial charge in [0.05, 0.1) is 5.56 Å². The molecule has 0 spiro atoms. The van der Waals surface area contributed by atoms with Crippen molar-refractivity contribution in [3.63, 3.8) is 0 Å². The van der Waals surface area contributed by atoms with Gasteiger partial charge in [-0.15, -0.1) is 0 Å². The van der Waals surface area contributed by atoms with Crippen molar-refractivity contribution in [3.8, 4) is 0 Å². The summed E-state index contributed by atoms with van der Waals surface area (Å²) in [5.74, 6) is -0.448. The van der Waals surface area contributed by atoms with Gasteiger partial charge in [-0.05, 0) is 32.4 Å². The molecular weight excluding hydrogens is 240 g/mol. The van der Waals surface area contributed by atoms with Crippen molar-refractivity contribution < 1.29 is 14.6 Å². The average molecular weight is 263 g/mol. The third-order valence-electron chi connectivity index (χ3n) is 2.90. The summed E-state index contributed by atoms with van der Waals surface area (Å²) in [6, 6.07) is 7.26. The lowest BCUT2D eigenvalue weighted by Crippen LogP contribution is -2.08. The lowest BCUT2D eigenvalue weighted by molar-refractivity contribution is -0.233. The van der Waals surface area contributed by atoms with E-state index < -0.39 is 5.97 Å². The van der Waals surface area contributed by atoms with Crippen molar-refractivity contribution in [2.24, 2.45) is 0 Å². The minimum Gasteiger partial charge on any atom is -0.292 e. The zero-order chi connectivity index (χ0) is 14.1. The zero-order valence-electron chi connectivity index (χ0n) is 12.1. The van der Waals surface area contributed by atoms with Crippen LogP contribution in [-0.4, -0.2) is 5.97 Å². The molecule has 0 saturated heterocycles. The molecule has 0 N–H and O–H groups in total. The Bertz CT molecular complexity index is 387. The molecule has 1 aromatic rings. The van der Waals surface area contributed by atoms with E-state index >= 15 is 0 Å². The Kier molecular flexibility index (Phi) is 7.19. The molecule has 0 unspecified atom stereocenters. The van der Waals surface area contributed by atoms with Crippen LogP contribution in [0.15, 0.2) is 24.3 Å². The largest absolute Gasteiger partial charge is 0.373 e. The summed E-state index contributed by atoms with van der Waals surface area (Å²) in [7, 11) is 0. The van der Waals surface area contributed by atoms with Gasteiger partial charge in [-0.3, -0.25) is 4.89 Å². The maximum absolute atomic E-state index is 11.7. The van der Waals surface area contributed by atoms with Crippen molar-refractivity contribution >= 4 is 5.97 Å². The first-order valence-electron chi connectivity index (χ1n) is 6.91. The van der Waals surface area contributed by atoms with Crippen molar-refractivity contribution in [2.75, 3.05) is 0 Å². The lowest BCUT2D eigenvalue weighted by Gasteiger charge is -2.10. The molecule has 1 rings (SSSR count). The number of unbranched alkanes of at least 4 members (excludes halogenated alkanes) is 3. The van der Waals surface area contributed by atoms with E-state index in [2.05, 4.69) is 6.92 Å². The standard InChI is InChI=1S/C16H23O3/c1-4-5-6-7-10-14(3)18-19-16(17)15-11-8-9-13(2)12-15/h8-9,11-12H,4-7,10H2,1-3H3. The summed E-state index contributed by atoms with van der Waals surface area (Å²) in [4.78, 5) is 21.6. The molecule has 0 bridgehead atoms. The number of aryl methyl sites for hydroxylation is 1. The summed E-state index contributed by atoms with van der Waals surface area (Å²) in [5, 5.41) is 0. The molecule has 0 aliphatic heterocycles. The molecule has 0 aliphatic carbocycles. The summed E-state index contributed by atoms with van der Waals surface area (Å²) in [6.07, 6.45) is 6.28. The van der Waals surface area contributed by atoms with Crippen LogP contribution in [0.25, 0.3) is 0 Å². The minimum atomic E-state index is -0.448. The molecule has 1 aromatic carbocycles. The monoisotopic (exact) mass is 263 g/mol. The van der Waals surface area contributed by atoms with Crippen LogP contribution in [0.1, 0.15) is 61.9 Å². The number of hydrogen-bond acceptors (Lipinski definition) is 3. The number of rotatable bonds is 8. The fourth-order valence-electron chi connectivity index (χ4n) is 1.77. The van der Waals surface area contributed by atoms with Crippen molar-refractivity contribution in [2.45, 2.75) is 52.9 Å². The smallest absolute Gasteiger partial charge is 0.292 e. The van der Waals surface area contributed by atoms with Gasteiger partial charge in [0.2, 0.25) is 0 Å². The van der Waals surface area contributed by atoms with E-state index in [4.69, 9.17) is 9.78 Å². The molecule has 0 atom stereocenters. The van der Waals surface area contributed by atoms with Crippen LogP contribution >= 0.6 is 0 Å². The van der Waals surface area contributed by atoms with Crippen LogP contribution in [0, 0.1) is 13.0 Å². The Balaban J connectivity index is 2.26. The second-order valence-electron chi connectivity index (χ2n) is 4.84. The maximum atomic E-state index is 11.7. The molecular formula is C16H23O3. The van der Waals surface area contributed by atoms with E-state index in [1.54, 1.807) is 12.1 Å². The second kappa shape index (κ2) is 8.70. The van der Waals surface area contributed by atoms with Gasteiger partial charge in [0, 0.05) is 0 Å². The van der Waals surface area contributed by atoms with Gasteiger partial charge < -0.3 is 0 Å². The average Bonchev–Trinajstić information content (AvgIpc) is 2.41. The predicted molar refractivity (Wildman–Crippen MR) is 75.4 cm³/mol. The molecule has 19 heavy (non-hydrogen) atoms. The van der Waals surface area contributed by atoms with Crippen LogP contribution in [0.5, 0.6) is 0 Å². The molecule has 1 radical (unpaired) electrons. The first-order valence-corrected chi connectivity index (χ1v) is 6.91. The second-order valence-corrected chi connectivity index (χ2v) is 4.84. The molecule has 3 nitrogen and oxygen atoms in total.